The lowest BCUT2D eigenvalue weighted by Crippen LogP contribution is -2.42. The highest BCUT2D eigenvalue weighted by Crippen LogP contribution is 2.27. The van der Waals surface area contributed by atoms with Crippen molar-refractivity contribution in [3.05, 3.63) is 29.3 Å². The molecule has 1 rings (SSSR count). The van der Waals surface area contributed by atoms with E-state index in [-0.39, 0.29) is 5.92 Å². The van der Waals surface area contributed by atoms with Gasteiger partial charge in [0.15, 0.2) is 6.04 Å². The monoisotopic (exact) mass is 250 g/mol. The van der Waals surface area contributed by atoms with Crippen molar-refractivity contribution in [2.75, 3.05) is 5.32 Å². The van der Waals surface area contributed by atoms with E-state index in [1.165, 1.54) is 0 Å². The van der Waals surface area contributed by atoms with Crippen LogP contribution in [0, 0.1) is 6.92 Å². The first-order valence-corrected chi connectivity index (χ1v) is 5.73. The SMILES string of the molecule is Cc1cccc(C(C)C)c1NC(=O)C(N)C(=O)O. The number of carbonyl (C=O) groups excluding carboxylic acids is 1. The molecule has 1 atom stereocenters. The minimum absolute atomic E-state index is 0.223. The van der Waals surface area contributed by atoms with E-state index in [1.54, 1.807) is 0 Å². The molecule has 0 heterocycles. The molecule has 0 aromatic heterocycles. The molecular formula is C13H18N2O3. The summed E-state index contributed by atoms with van der Waals surface area (Å²) in [5.74, 6) is -1.83. The molecule has 1 aromatic rings. The summed E-state index contributed by atoms with van der Waals surface area (Å²) in [6, 6.07) is 4.11. The number of para-hydroxylation sites is 1. The maximum Gasteiger partial charge on any atom is 0.330 e. The lowest BCUT2D eigenvalue weighted by molar-refractivity contribution is -0.141. The van der Waals surface area contributed by atoms with Crippen LogP contribution in [0.25, 0.3) is 0 Å². The van der Waals surface area contributed by atoms with Gasteiger partial charge in [0.05, 0.1) is 0 Å². The normalized spacial score (nSPS) is 12.3. The van der Waals surface area contributed by atoms with Crippen LogP contribution in [0.4, 0.5) is 5.69 Å². The topological polar surface area (TPSA) is 92.4 Å². The van der Waals surface area contributed by atoms with Gasteiger partial charge in [-0.25, -0.2) is 4.79 Å². The van der Waals surface area contributed by atoms with E-state index in [2.05, 4.69) is 5.32 Å². The Morgan fingerprint density at radius 2 is 1.94 bits per heavy atom. The van der Waals surface area contributed by atoms with E-state index in [9.17, 15) is 9.59 Å². The number of aryl methyl sites for hydroxylation is 1. The van der Waals surface area contributed by atoms with Crippen molar-refractivity contribution in [2.45, 2.75) is 32.7 Å². The van der Waals surface area contributed by atoms with Gasteiger partial charge in [0.1, 0.15) is 0 Å². The highest BCUT2D eigenvalue weighted by atomic mass is 16.4. The number of nitrogens with one attached hydrogen (secondary N) is 1. The van der Waals surface area contributed by atoms with Gasteiger partial charge in [-0.15, -0.1) is 0 Å². The van der Waals surface area contributed by atoms with Crippen LogP contribution in [0.1, 0.15) is 30.9 Å². The predicted molar refractivity (Wildman–Crippen MR) is 69.5 cm³/mol. The van der Waals surface area contributed by atoms with Crippen molar-refractivity contribution >= 4 is 17.6 Å². The van der Waals surface area contributed by atoms with E-state index < -0.39 is 17.9 Å². The first kappa shape index (κ1) is 14.2. The summed E-state index contributed by atoms with van der Waals surface area (Å²) in [4.78, 5) is 22.3. The smallest absolute Gasteiger partial charge is 0.330 e. The quantitative estimate of drug-likeness (QED) is 0.705. The molecule has 0 fully saturated rings. The fraction of sp³-hybridized carbons (Fsp3) is 0.385. The van der Waals surface area contributed by atoms with Gasteiger partial charge in [0, 0.05) is 5.69 Å². The second-order valence-electron chi connectivity index (χ2n) is 4.50. The van der Waals surface area contributed by atoms with Gasteiger partial charge in [-0.1, -0.05) is 32.0 Å². The standard InChI is InChI=1S/C13H18N2O3/c1-7(2)9-6-4-5-8(3)11(9)15-12(16)10(14)13(17)18/h4-7,10H,14H2,1-3H3,(H,15,16)(H,17,18). The highest BCUT2D eigenvalue weighted by molar-refractivity contribution is 6.08. The molecular weight excluding hydrogens is 232 g/mol. The van der Waals surface area contributed by atoms with E-state index >= 15 is 0 Å². The summed E-state index contributed by atoms with van der Waals surface area (Å²) in [6.07, 6.45) is 0. The molecule has 5 nitrogen and oxygen atoms in total. The second kappa shape index (κ2) is 5.64. The van der Waals surface area contributed by atoms with Gasteiger partial charge in [-0.3, -0.25) is 4.79 Å². The molecule has 0 bridgehead atoms. The molecule has 0 saturated heterocycles. The lowest BCUT2D eigenvalue weighted by Gasteiger charge is -2.17. The average molecular weight is 250 g/mol. The van der Waals surface area contributed by atoms with Gasteiger partial charge in [0.2, 0.25) is 0 Å². The van der Waals surface area contributed by atoms with Crippen molar-refractivity contribution < 1.29 is 14.7 Å². The van der Waals surface area contributed by atoms with Gasteiger partial charge in [-0.2, -0.15) is 0 Å². The lowest BCUT2D eigenvalue weighted by atomic mass is 9.98. The average Bonchev–Trinajstić information content (AvgIpc) is 2.30. The van der Waals surface area contributed by atoms with Crippen molar-refractivity contribution in [3.8, 4) is 0 Å². The van der Waals surface area contributed by atoms with Crippen LogP contribution in [0.3, 0.4) is 0 Å². The summed E-state index contributed by atoms with van der Waals surface area (Å²) in [6.45, 7) is 5.86. The highest BCUT2D eigenvalue weighted by Gasteiger charge is 2.22. The maximum absolute atomic E-state index is 11.7. The minimum atomic E-state index is -1.55. The third kappa shape index (κ3) is 3.07. The summed E-state index contributed by atoms with van der Waals surface area (Å²) in [7, 11) is 0. The summed E-state index contributed by atoms with van der Waals surface area (Å²) < 4.78 is 0. The second-order valence-corrected chi connectivity index (χ2v) is 4.50. The Bertz CT molecular complexity index is 469. The molecule has 5 heteroatoms. The van der Waals surface area contributed by atoms with E-state index in [0.717, 1.165) is 11.1 Å². The molecule has 0 saturated carbocycles. The number of hydrogen-bond acceptors (Lipinski definition) is 3. The van der Waals surface area contributed by atoms with Crippen LogP contribution in [0.15, 0.2) is 18.2 Å². The molecule has 1 aromatic carbocycles. The Balaban J connectivity index is 3.04. The molecule has 4 N–H and O–H groups in total. The zero-order valence-corrected chi connectivity index (χ0v) is 10.7. The van der Waals surface area contributed by atoms with Crippen molar-refractivity contribution in [1.82, 2.24) is 0 Å². The van der Waals surface area contributed by atoms with E-state index in [1.807, 2.05) is 39.0 Å². The van der Waals surface area contributed by atoms with Gasteiger partial charge < -0.3 is 16.2 Å². The Labute approximate surface area is 106 Å². The van der Waals surface area contributed by atoms with Crippen LogP contribution in [0.5, 0.6) is 0 Å². The first-order chi connectivity index (χ1) is 8.34. The molecule has 0 aliphatic rings. The third-order valence-electron chi connectivity index (χ3n) is 2.72. The van der Waals surface area contributed by atoms with Crippen LogP contribution < -0.4 is 11.1 Å². The summed E-state index contributed by atoms with van der Waals surface area (Å²) in [5.41, 5.74) is 7.76. The van der Waals surface area contributed by atoms with Gasteiger partial charge in [-0.05, 0) is 24.0 Å². The van der Waals surface area contributed by atoms with Crippen molar-refractivity contribution in [2.24, 2.45) is 5.73 Å². The Morgan fingerprint density at radius 1 is 1.33 bits per heavy atom. The maximum atomic E-state index is 11.7. The Hall–Kier alpha value is -1.88. The number of carboxylic acids is 1. The van der Waals surface area contributed by atoms with Gasteiger partial charge >= 0.3 is 5.97 Å². The third-order valence-corrected chi connectivity index (χ3v) is 2.72. The fourth-order valence-corrected chi connectivity index (χ4v) is 1.66. The number of carboxylic acid groups (broad SMARTS) is 1. The number of nitrogens with two attached hydrogens (primary N) is 1. The number of rotatable bonds is 4. The number of aliphatic carboxylic acids is 1. The zero-order valence-electron chi connectivity index (χ0n) is 10.7. The molecule has 0 radical (unpaired) electrons. The van der Waals surface area contributed by atoms with Crippen molar-refractivity contribution in [3.63, 3.8) is 0 Å². The number of carbonyl (C=O) groups is 2. The largest absolute Gasteiger partial charge is 0.480 e. The zero-order chi connectivity index (χ0) is 13.9. The van der Waals surface area contributed by atoms with Crippen molar-refractivity contribution in [1.29, 1.82) is 0 Å². The molecule has 0 aliphatic heterocycles. The first-order valence-electron chi connectivity index (χ1n) is 5.73. The predicted octanol–water partition coefficient (Wildman–Crippen LogP) is 1.47. The van der Waals surface area contributed by atoms with E-state index in [4.69, 9.17) is 10.8 Å². The number of amides is 1. The molecule has 1 unspecified atom stereocenters. The van der Waals surface area contributed by atoms with Crippen LogP contribution in [0.2, 0.25) is 0 Å². The fourth-order valence-electron chi connectivity index (χ4n) is 1.66. The van der Waals surface area contributed by atoms with Crippen LogP contribution in [-0.4, -0.2) is 23.0 Å². The molecule has 98 valence electrons. The number of anilines is 1. The Morgan fingerprint density at radius 3 is 2.44 bits per heavy atom. The van der Waals surface area contributed by atoms with Crippen LogP contribution >= 0.6 is 0 Å². The summed E-state index contributed by atoms with van der Waals surface area (Å²) in [5, 5.41) is 11.3. The molecule has 0 aliphatic carbocycles. The Kier molecular flexibility index (Phi) is 4.44. The molecule has 0 spiro atoms. The molecule has 18 heavy (non-hydrogen) atoms. The minimum Gasteiger partial charge on any atom is -0.480 e. The van der Waals surface area contributed by atoms with E-state index in [0.29, 0.717) is 5.69 Å². The summed E-state index contributed by atoms with van der Waals surface area (Å²) >= 11 is 0. The number of hydrogen-bond donors (Lipinski definition) is 3. The number of benzene rings is 1. The van der Waals surface area contributed by atoms with Crippen LogP contribution in [-0.2, 0) is 9.59 Å². The molecule has 1 amide bonds. The van der Waals surface area contributed by atoms with Gasteiger partial charge in [0.25, 0.3) is 5.91 Å².